The molecule has 126 valence electrons. The monoisotopic (exact) mass is 356 g/mol. The minimum atomic E-state index is -0.818. The molecule has 1 N–H and O–H groups in total. The standard InChI is InChI=1S/C17H12ClN3O4/c1-10-2-4-13(18)8-14(10)20-17(23)12(9-19)6-11-3-5-16(22)15(7-11)21(24)25/h2-8,22H,1H3,(H,20,23)/p-1/b12-6+. The molecule has 25 heavy (non-hydrogen) atoms. The van der Waals surface area contributed by atoms with Gasteiger partial charge >= 0.3 is 0 Å². The van der Waals surface area contributed by atoms with Crippen molar-refractivity contribution in [3.8, 4) is 11.8 Å². The second-order valence-electron chi connectivity index (χ2n) is 5.07. The maximum Gasteiger partial charge on any atom is 0.266 e. The van der Waals surface area contributed by atoms with Crippen LogP contribution in [-0.2, 0) is 4.79 Å². The number of nitro benzene ring substituents is 1. The molecule has 1 amide bonds. The molecule has 2 aromatic rings. The Kier molecular flexibility index (Phi) is 5.37. The minimum absolute atomic E-state index is 0.195. The number of aryl methyl sites for hydroxylation is 1. The summed E-state index contributed by atoms with van der Waals surface area (Å²) in [4.78, 5) is 22.2. The molecule has 8 heteroatoms. The van der Waals surface area contributed by atoms with E-state index in [1.54, 1.807) is 31.2 Å². The highest BCUT2D eigenvalue weighted by atomic mass is 35.5. The molecule has 0 atom stereocenters. The normalized spacial score (nSPS) is 10.8. The SMILES string of the molecule is Cc1ccc(Cl)cc1NC(=O)/C(C#N)=C/c1ccc([O-])c([N+](=O)[O-])c1. The first-order chi connectivity index (χ1) is 11.8. The van der Waals surface area contributed by atoms with Crippen molar-refractivity contribution in [2.75, 3.05) is 5.32 Å². The minimum Gasteiger partial charge on any atom is -0.868 e. The predicted molar refractivity (Wildman–Crippen MR) is 91.0 cm³/mol. The van der Waals surface area contributed by atoms with Crippen LogP contribution in [0, 0.1) is 28.4 Å². The van der Waals surface area contributed by atoms with Crippen molar-refractivity contribution in [3.05, 3.63) is 68.2 Å². The van der Waals surface area contributed by atoms with Crippen molar-refractivity contribution in [3.63, 3.8) is 0 Å². The van der Waals surface area contributed by atoms with E-state index < -0.39 is 22.3 Å². The Hall–Kier alpha value is -3.37. The van der Waals surface area contributed by atoms with Crippen LogP contribution >= 0.6 is 11.6 Å². The van der Waals surface area contributed by atoms with Gasteiger partial charge in [0.15, 0.2) is 0 Å². The van der Waals surface area contributed by atoms with E-state index in [1.165, 1.54) is 12.1 Å². The van der Waals surface area contributed by atoms with Gasteiger partial charge in [-0.15, -0.1) is 0 Å². The highest BCUT2D eigenvalue weighted by Gasteiger charge is 2.13. The lowest BCUT2D eigenvalue weighted by Gasteiger charge is -2.09. The lowest BCUT2D eigenvalue weighted by molar-refractivity contribution is -0.398. The third kappa shape index (κ3) is 4.34. The summed E-state index contributed by atoms with van der Waals surface area (Å²) >= 11 is 5.88. The van der Waals surface area contributed by atoms with Crippen LogP contribution in [0.2, 0.25) is 5.02 Å². The second-order valence-corrected chi connectivity index (χ2v) is 5.50. The molecule has 0 aliphatic heterocycles. The average molecular weight is 357 g/mol. The third-order valence-corrected chi connectivity index (χ3v) is 3.54. The van der Waals surface area contributed by atoms with Crippen molar-refractivity contribution < 1.29 is 14.8 Å². The summed E-state index contributed by atoms with van der Waals surface area (Å²) in [7, 11) is 0. The van der Waals surface area contributed by atoms with Crippen LogP contribution < -0.4 is 10.4 Å². The molecule has 0 spiro atoms. The second kappa shape index (κ2) is 7.47. The summed E-state index contributed by atoms with van der Waals surface area (Å²) in [6.45, 7) is 1.76. The summed E-state index contributed by atoms with van der Waals surface area (Å²) in [5, 5.41) is 34.4. The number of nitrogens with one attached hydrogen (secondary N) is 1. The van der Waals surface area contributed by atoms with E-state index in [4.69, 9.17) is 11.6 Å². The molecule has 0 fully saturated rings. The molecule has 0 saturated carbocycles. The molecule has 0 aliphatic rings. The number of amides is 1. The van der Waals surface area contributed by atoms with Crippen LogP contribution in [0.15, 0.2) is 42.0 Å². The predicted octanol–water partition coefficient (Wildman–Crippen LogP) is 3.18. The molecule has 0 radical (unpaired) electrons. The first-order valence-electron chi connectivity index (χ1n) is 6.96. The molecule has 0 heterocycles. The molecule has 0 aromatic heterocycles. The van der Waals surface area contributed by atoms with E-state index in [0.717, 1.165) is 17.7 Å². The molecule has 0 bridgehead atoms. The van der Waals surface area contributed by atoms with Gasteiger partial charge in [-0.25, -0.2) is 0 Å². The summed E-state index contributed by atoms with van der Waals surface area (Å²) in [6, 6.07) is 9.97. The van der Waals surface area contributed by atoms with Gasteiger partial charge in [0.1, 0.15) is 11.6 Å². The highest BCUT2D eigenvalue weighted by Crippen LogP contribution is 2.25. The van der Waals surface area contributed by atoms with Crippen LogP contribution in [-0.4, -0.2) is 10.8 Å². The fourth-order valence-electron chi connectivity index (χ4n) is 2.00. The van der Waals surface area contributed by atoms with Crippen LogP contribution in [0.1, 0.15) is 11.1 Å². The fraction of sp³-hybridized carbons (Fsp3) is 0.0588. The maximum atomic E-state index is 12.3. The van der Waals surface area contributed by atoms with Gasteiger partial charge in [0, 0.05) is 16.8 Å². The van der Waals surface area contributed by atoms with Gasteiger partial charge in [-0.3, -0.25) is 14.9 Å². The maximum absolute atomic E-state index is 12.3. The molecule has 2 rings (SSSR count). The summed E-state index contributed by atoms with van der Waals surface area (Å²) < 4.78 is 0. The zero-order valence-corrected chi connectivity index (χ0v) is 13.7. The van der Waals surface area contributed by atoms with Gasteiger partial charge in [-0.2, -0.15) is 5.26 Å². The van der Waals surface area contributed by atoms with E-state index in [9.17, 15) is 25.3 Å². The van der Waals surface area contributed by atoms with Gasteiger partial charge in [0.2, 0.25) is 0 Å². The number of hydrogen-bond acceptors (Lipinski definition) is 5. The summed E-state index contributed by atoms with van der Waals surface area (Å²) in [5.41, 5.74) is 0.492. The number of hydrogen-bond donors (Lipinski definition) is 1. The number of rotatable bonds is 4. The van der Waals surface area contributed by atoms with Gasteiger partial charge < -0.3 is 10.4 Å². The molecule has 0 saturated heterocycles. The zero-order valence-electron chi connectivity index (χ0n) is 12.9. The Balaban J connectivity index is 2.33. The number of nitro groups is 1. The van der Waals surface area contributed by atoms with Crippen molar-refractivity contribution in [1.29, 1.82) is 5.26 Å². The number of nitrogens with zero attached hydrogens (tertiary/aromatic N) is 2. The van der Waals surface area contributed by atoms with Gasteiger partial charge in [-0.05, 0) is 42.0 Å². The lowest BCUT2D eigenvalue weighted by Crippen LogP contribution is -2.14. The first-order valence-corrected chi connectivity index (χ1v) is 7.34. The topological polar surface area (TPSA) is 119 Å². The Morgan fingerprint density at radius 3 is 2.68 bits per heavy atom. The molecular formula is C17H11ClN3O4-. The van der Waals surface area contributed by atoms with Crippen molar-refractivity contribution in [2.45, 2.75) is 6.92 Å². The lowest BCUT2D eigenvalue weighted by atomic mass is 10.1. The molecule has 0 aliphatic carbocycles. The van der Waals surface area contributed by atoms with Crippen LogP contribution in [0.4, 0.5) is 11.4 Å². The van der Waals surface area contributed by atoms with E-state index >= 15 is 0 Å². The molecule has 7 nitrogen and oxygen atoms in total. The Morgan fingerprint density at radius 2 is 2.04 bits per heavy atom. The summed E-state index contributed by atoms with van der Waals surface area (Å²) in [6.07, 6.45) is 1.17. The number of carbonyl (C=O) groups is 1. The smallest absolute Gasteiger partial charge is 0.266 e. The van der Waals surface area contributed by atoms with Crippen LogP contribution in [0.5, 0.6) is 5.75 Å². The largest absolute Gasteiger partial charge is 0.868 e. The average Bonchev–Trinajstić information content (AvgIpc) is 2.57. The highest BCUT2D eigenvalue weighted by molar-refractivity contribution is 6.31. The number of halogens is 1. The zero-order chi connectivity index (χ0) is 18.6. The molecule has 2 aromatic carbocycles. The van der Waals surface area contributed by atoms with Crippen molar-refractivity contribution in [1.82, 2.24) is 0 Å². The number of nitriles is 1. The van der Waals surface area contributed by atoms with E-state index in [1.807, 2.05) is 0 Å². The molecular weight excluding hydrogens is 346 g/mol. The number of benzene rings is 2. The van der Waals surface area contributed by atoms with Gasteiger partial charge in [0.05, 0.1) is 4.92 Å². The van der Waals surface area contributed by atoms with Gasteiger partial charge in [-0.1, -0.05) is 29.8 Å². The fourth-order valence-corrected chi connectivity index (χ4v) is 2.17. The van der Waals surface area contributed by atoms with Crippen LogP contribution in [0.25, 0.3) is 6.08 Å². The third-order valence-electron chi connectivity index (χ3n) is 3.30. The Labute approximate surface area is 147 Å². The Bertz CT molecular complexity index is 932. The summed E-state index contributed by atoms with van der Waals surface area (Å²) in [5.74, 6) is -1.44. The van der Waals surface area contributed by atoms with E-state index in [-0.39, 0.29) is 11.1 Å². The van der Waals surface area contributed by atoms with Crippen LogP contribution in [0.3, 0.4) is 0 Å². The van der Waals surface area contributed by atoms with Crippen molar-refractivity contribution in [2.24, 2.45) is 0 Å². The number of anilines is 1. The van der Waals surface area contributed by atoms with E-state index in [2.05, 4.69) is 5.32 Å². The van der Waals surface area contributed by atoms with Gasteiger partial charge in [0.25, 0.3) is 11.6 Å². The quantitative estimate of drug-likeness (QED) is 0.390. The van der Waals surface area contributed by atoms with Crippen molar-refractivity contribution >= 4 is 35.0 Å². The van der Waals surface area contributed by atoms with E-state index in [0.29, 0.717) is 10.7 Å². The number of carbonyl (C=O) groups excluding carboxylic acids is 1. The first kappa shape index (κ1) is 18.0. The Morgan fingerprint density at radius 1 is 1.32 bits per heavy atom. The molecule has 0 unspecified atom stereocenters.